The van der Waals surface area contributed by atoms with E-state index >= 15 is 0 Å². The van der Waals surface area contributed by atoms with Crippen LogP contribution in [0.2, 0.25) is 0 Å². The van der Waals surface area contributed by atoms with Gasteiger partial charge in [-0.05, 0) is 18.9 Å². The van der Waals surface area contributed by atoms with Gasteiger partial charge in [0.2, 0.25) is 18.0 Å². The van der Waals surface area contributed by atoms with Crippen LogP contribution in [0.4, 0.5) is 0 Å². The molecule has 0 bridgehead atoms. The molecule has 0 unspecified atom stereocenters. The second-order valence-corrected chi connectivity index (χ2v) is 5.01. The predicted molar refractivity (Wildman–Crippen MR) is 78.8 cm³/mol. The molecule has 0 aromatic carbocycles. The van der Waals surface area contributed by atoms with Crippen LogP contribution in [0.25, 0.3) is 0 Å². The molecule has 0 radical (unpaired) electrons. The van der Waals surface area contributed by atoms with Crippen molar-refractivity contribution in [3.05, 3.63) is 11.8 Å². The summed E-state index contributed by atoms with van der Waals surface area (Å²) in [6.07, 6.45) is 1.65. The Hall–Kier alpha value is -1.60. The third kappa shape index (κ3) is 4.71. The van der Waals surface area contributed by atoms with Gasteiger partial charge in [0.05, 0.1) is 13.2 Å². The van der Waals surface area contributed by atoms with Crippen molar-refractivity contribution >= 4 is 11.9 Å². The van der Waals surface area contributed by atoms with Gasteiger partial charge < -0.3 is 24.3 Å². The standard InChI is InChI=1S/C15H25NO6/c1-6-10(7-2)21-15-13(16-9(3)17)11(19-4)8-12(22-15)14(18)20-5/h8,10-11,13,15H,6-7H2,1-5H3,(H,16,17)/t11-,13+,15+/m0/s1. The van der Waals surface area contributed by atoms with Gasteiger partial charge in [-0.3, -0.25) is 4.79 Å². The molecular formula is C15H25NO6. The van der Waals surface area contributed by atoms with Gasteiger partial charge in [0.25, 0.3) is 0 Å². The van der Waals surface area contributed by atoms with Crippen molar-refractivity contribution in [3.8, 4) is 0 Å². The first kappa shape index (κ1) is 18.4. The topological polar surface area (TPSA) is 83.1 Å². The van der Waals surface area contributed by atoms with E-state index in [1.165, 1.54) is 27.2 Å². The summed E-state index contributed by atoms with van der Waals surface area (Å²) in [6.45, 7) is 5.39. The van der Waals surface area contributed by atoms with Crippen molar-refractivity contribution < 1.29 is 28.5 Å². The molecule has 22 heavy (non-hydrogen) atoms. The molecule has 1 N–H and O–H groups in total. The van der Waals surface area contributed by atoms with Crippen LogP contribution < -0.4 is 5.32 Å². The number of rotatable bonds is 7. The SMILES string of the molecule is CCC(CC)O[C@@H]1OC(C(=O)OC)=C[C@H](OC)[C@H]1NC(C)=O. The maximum atomic E-state index is 11.7. The summed E-state index contributed by atoms with van der Waals surface area (Å²) in [5.41, 5.74) is 0. The monoisotopic (exact) mass is 315 g/mol. The molecule has 3 atom stereocenters. The van der Waals surface area contributed by atoms with Gasteiger partial charge >= 0.3 is 5.97 Å². The highest BCUT2D eigenvalue weighted by molar-refractivity contribution is 5.86. The second-order valence-electron chi connectivity index (χ2n) is 5.01. The first-order valence-corrected chi connectivity index (χ1v) is 7.38. The van der Waals surface area contributed by atoms with Crippen LogP contribution in [-0.4, -0.2) is 50.6 Å². The first-order valence-electron chi connectivity index (χ1n) is 7.38. The van der Waals surface area contributed by atoms with Crippen molar-refractivity contribution in [2.45, 2.75) is 58.2 Å². The Balaban J connectivity index is 3.03. The molecule has 0 aliphatic carbocycles. The number of hydrogen-bond donors (Lipinski definition) is 1. The minimum absolute atomic E-state index is 0.0203. The fourth-order valence-electron chi connectivity index (χ4n) is 2.24. The van der Waals surface area contributed by atoms with Gasteiger partial charge in [-0.15, -0.1) is 0 Å². The predicted octanol–water partition coefficient (Wildman–Crippen LogP) is 1.12. The van der Waals surface area contributed by atoms with Gasteiger partial charge in [0.1, 0.15) is 12.1 Å². The number of carbonyl (C=O) groups excluding carboxylic acids is 2. The number of amides is 1. The van der Waals surface area contributed by atoms with Gasteiger partial charge in [0, 0.05) is 14.0 Å². The van der Waals surface area contributed by atoms with E-state index in [4.69, 9.17) is 14.2 Å². The molecule has 1 aliphatic heterocycles. The zero-order valence-electron chi connectivity index (χ0n) is 13.8. The Labute approximate surface area is 130 Å². The Morgan fingerprint density at radius 3 is 2.41 bits per heavy atom. The normalized spacial score (nSPS) is 24.5. The van der Waals surface area contributed by atoms with Crippen LogP contribution in [0.1, 0.15) is 33.6 Å². The zero-order chi connectivity index (χ0) is 16.7. The maximum absolute atomic E-state index is 11.7. The molecule has 126 valence electrons. The van der Waals surface area contributed by atoms with Crippen molar-refractivity contribution in [1.82, 2.24) is 5.32 Å². The molecule has 1 heterocycles. The molecule has 0 aromatic heterocycles. The van der Waals surface area contributed by atoms with E-state index in [1.54, 1.807) is 0 Å². The summed E-state index contributed by atoms with van der Waals surface area (Å²) in [7, 11) is 2.76. The fourth-order valence-corrected chi connectivity index (χ4v) is 2.24. The van der Waals surface area contributed by atoms with Crippen molar-refractivity contribution in [2.24, 2.45) is 0 Å². The highest BCUT2D eigenvalue weighted by atomic mass is 16.7. The van der Waals surface area contributed by atoms with Crippen LogP contribution in [0.5, 0.6) is 0 Å². The van der Waals surface area contributed by atoms with Crippen molar-refractivity contribution in [2.75, 3.05) is 14.2 Å². The van der Waals surface area contributed by atoms with Crippen LogP contribution in [0.15, 0.2) is 11.8 Å². The van der Waals surface area contributed by atoms with Crippen molar-refractivity contribution in [1.29, 1.82) is 0 Å². The lowest BCUT2D eigenvalue weighted by molar-refractivity contribution is -0.196. The highest BCUT2D eigenvalue weighted by Gasteiger charge is 2.39. The quantitative estimate of drug-likeness (QED) is 0.709. The molecular weight excluding hydrogens is 290 g/mol. The summed E-state index contributed by atoms with van der Waals surface area (Å²) in [4.78, 5) is 23.1. The van der Waals surface area contributed by atoms with E-state index in [1.807, 2.05) is 13.8 Å². The third-order valence-electron chi connectivity index (χ3n) is 3.47. The van der Waals surface area contributed by atoms with Gasteiger partial charge in [-0.25, -0.2) is 4.79 Å². The number of nitrogens with one attached hydrogen (secondary N) is 1. The molecule has 7 nitrogen and oxygen atoms in total. The summed E-state index contributed by atoms with van der Waals surface area (Å²) >= 11 is 0. The summed E-state index contributed by atoms with van der Waals surface area (Å²) in [5.74, 6) is -0.822. The number of ether oxygens (including phenoxy) is 4. The van der Waals surface area contributed by atoms with Gasteiger partial charge in [-0.1, -0.05) is 13.8 Å². The molecule has 1 aliphatic rings. The number of methoxy groups -OCH3 is 2. The summed E-state index contributed by atoms with van der Waals surface area (Å²) in [6, 6.07) is -0.545. The smallest absolute Gasteiger partial charge is 0.373 e. The molecule has 0 saturated heterocycles. The van der Waals surface area contributed by atoms with Crippen LogP contribution >= 0.6 is 0 Å². The van der Waals surface area contributed by atoms with E-state index in [2.05, 4.69) is 10.1 Å². The minimum Gasteiger partial charge on any atom is -0.463 e. The molecule has 0 aromatic rings. The fraction of sp³-hybridized carbons (Fsp3) is 0.733. The Morgan fingerprint density at radius 1 is 1.32 bits per heavy atom. The van der Waals surface area contributed by atoms with E-state index in [0.29, 0.717) is 0 Å². The second kappa shape index (κ2) is 8.75. The zero-order valence-corrected chi connectivity index (χ0v) is 13.8. The first-order chi connectivity index (χ1) is 10.5. The average Bonchev–Trinajstić information content (AvgIpc) is 2.52. The third-order valence-corrected chi connectivity index (χ3v) is 3.47. The number of carbonyl (C=O) groups is 2. The molecule has 0 fully saturated rings. The lowest BCUT2D eigenvalue weighted by Gasteiger charge is -2.37. The Bertz CT molecular complexity index is 418. The Morgan fingerprint density at radius 2 is 1.95 bits per heavy atom. The van der Waals surface area contributed by atoms with Crippen LogP contribution in [-0.2, 0) is 28.5 Å². The highest BCUT2D eigenvalue weighted by Crippen LogP contribution is 2.24. The maximum Gasteiger partial charge on any atom is 0.373 e. The largest absolute Gasteiger partial charge is 0.463 e. The molecule has 1 amide bonds. The van der Waals surface area contributed by atoms with E-state index < -0.39 is 24.4 Å². The van der Waals surface area contributed by atoms with Crippen molar-refractivity contribution in [3.63, 3.8) is 0 Å². The summed E-state index contributed by atoms with van der Waals surface area (Å²) < 4.78 is 21.5. The van der Waals surface area contributed by atoms with Gasteiger partial charge in [-0.2, -0.15) is 0 Å². The minimum atomic E-state index is -0.821. The average molecular weight is 315 g/mol. The molecule has 0 spiro atoms. The molecule has 7 heteroatoms. The van der Waals surface area contributed by atoms with Crippen LogP contribution in [0.3, 0.4) is 0 Å². The summed E-state index contributed by atoms with van der Waals surface area (Å²) in [5, 5.41) is 2.75. The number of esters is 1. The Kier molecular flexibility index (Phi) is 7.34. The van der Waals surface area contributed by atoms with E-state index in [0.717, 1.165) is 12.8 Å². The van der Waals surface area contributed by atoms with Gasteiger partial charge in [0.15, 0.2) is 0 Å². The molecule has 1 rings (SSSR count). The lowest BCUT2D eigenvalue weighted by Crippen LogP contribution is -2.55. The number of hydrogen-bond acceptors (Lipinski definition) is 6. The molecule has 0 saturated carbocycles. The van der Waals surface area contributed by atoms with Crippen LogP contribution in [0, 0.1) is 0 Å². The lowest BCUT2D eigenvalue weighted by atomic mass is 10.1. The van der Waals surface area contributed by atoms with E-state index in [-0.39, 0.29) is 17.8 Å². The van der Waals surface area contributed by atoms with E-state index in [9.17, 15) is 9.59 Å².